The van der Waals surface area contributed by atoms with Crippen LogP contribution in [0.25, 0.3) is 33.5 Å². The Morgan fingerprint density at radius 1 is 0.976 bits per heavy atom. The molecule has 0 unspecified atom stereocenters. The first-order valence-corrected chi connectivity index (χ1v) is 12.5. The molecule has 0 saturated carbocycles. The second-order valence-corrected chi connectivity index (χ2v) is 9.21. The van der Waals surface area contributed by atoms with Crippen molar-refractivity contribution in [1.82, 2.24) is 14.6 Å². The lowest BCUT2D eigenvalue weighted by Gasteiger charge is -2.10. The molecule has 3 aromatic carbocycles. The summed E-state index contributed by atoms with van der Waals surface area (Å²) in [6.07, 6.45) is 2.11. The van der Waals surface area contributed by atoms with Gasteiger partial charge in [-0.15, -0.1) is 0 Å². The van der Waals surface area contributed by atoms with Gasteiger partial charge in [-0.25, -0.2) is 9.97 Å². The average molecular weight is 583 g/mol. The number of hydrogen-bond donors (Lipinski definition) is 0. The van der Waals surface area contributed by atoms with E-state index in [1.165, 1.54) is 12.1 Å². The van der Waals surface area contributed by atoms with Gasteiger partial charge in [0.15, 0.2) is 5.76 Å². The number of aromatic nitrogens is 3. The molecule has 0 fully saturated rings. The first kappa shape index (κ1) is 26.3. The highest BCUT2D eigenvalue weighted by Gasteiger charge is 2.23. The zero-order valence-corrected chi connectivity index (χ0v) is 21.8. The van der Waals surface area contributed by atoms with Crippen LogP contribution in [0.4, 0.5) is 11.4 Å². The highest BCUT2D eigenvalue weighted by Crippen LogP contribution is 2.37. The summed E-state index contributed by atoms with van der Waals surface area (Å²) in [6, 6.07) is 20.4. The summed E-state index contributed by atoms with van der Waals surface area (Å²) in [6.45, 7) is 0. The molecule has 206 valence electrons. The maximum Gasteiger partial charge on any atom is 0.313 e. The lowest BCUT2D eigenvalue weighted by Crippen LogP contribution is -2.20. The van der Waals surface area contributed by atoms with Crippen LogP contribution in [0.15, 0.2) is 99.4 Å². The maximum atomic E-state index is 13.6. The van der Waals surface area contributed by atoms with Crippen LogP contribution in [0.1, 0.15) is 5.56 Å². The number of halogens is 1. The molecule has 0 spiro atoms. The normalized spacial score (nSPS) is 11.4. The molecule has 0 radical (unpaired) electrons. The number of furan rings is 1. The molecule has 42 heavy (non-hydrogen) atoms. The predicted molar refractivity (Wildman–Crippen MR) is 153 cm³/mol. The van der Waals surface area contributed by atoms with Crippen LogP contribution in [-0.2, 0) is 0 Å². The largest absolute Gasteiger partial charge is 0.453 e. The van der Waals surface area contributed by atoms with E-state index in [9.17, 15) is 25.0 Å². The van der Waals surface area contributed by atoms with Crippen molar-refractivity contribution in [3.63, 3.8) is 0 Å². The van der Waals surface area contributed by atoms with Crippen molar-refractivity contribution in [3.8, 4) is 23.2 Å². The molecule has 3 aromatic heterocycles. The van der Waals surface area contributed by atoms with Gasteiger partial charge in [-0.3, -0.25) is 25.0 Å². The standard InChI is InChI=1S/C28H15ClN6O7/c29-18-11-17(26(22(13-18)35(39)40)42-25-10-9-19(15-30-25)34(37)38)14-31-33-27(24-12-16-5-1-4-8-23(16)41-24)32-21-7-3-2-6-20(21)28(33)36/h1-15H. The van der Waals surface area contributed by atoms with Crippen molar-refractivity contribution in [2.45, 2.75) is 0 Å². The Hall–Kier alpha value is -5.95. The van der Waals surface area contributed by atoms with E-state index >= 15 is 0 Å². The van der Waals surface area contributed by atoms with Crippen molar-refractivity contribution in [1.29, 1.82) is 0 Å². The van der Waals surface area contributed by atoms with Crippen LogP contribution >= 0.6 is 11.6 Å². The molecule has 3 heterocycles. The molecule has 6 aromatic rings. The third-order valence-electron chi connectivity index (χ3n) is 6.11. The van der Waals surface area contributed by atoms with E-state index in [0.717, 1.165) is 34.6 Å². The molecule has 0 aliphatic rings. The van der Waals surface area contributed by atoms with Crippen LogP contribution in [0.2, 0.25) is 5.02 Å². The van der Waals surface area contributed by atoms with Gasteiger partial charge >= 0.3 is 5.69 Å². The van der Waals surface area contributed by atoms with Gasteiger partial charge in [-0.2, -0.15) is 9.78 Å². The van der Waals surface area contributed by atoms with Gasteiger partial charge in [0.25, 0.3) is 11.2 Å². The number of ether oxygens (including phenoxy) is 1. The number of para-hydroxylation sites is 2. The van der Waals surface area contributed by atoms with Crippen molar-refractivity contribution < 1.29 is 19.0 Å². The van der Waals surface area contributed by atoms with Crippen molar-refractivity contribution in [3.05, 3.63) is 126 Å². The van der Waals surface area contributed by atoms with E-state index in [1.807, 2.05) is 18.2 Å². The van der Waals surface area contributed by atoms with Gasteiger partial charge < -0.3 is 9.15 Å². The zero-order chi connectivity index (χ0) is 29.4. The number of nitro benzene ring substituents is 1. The summed E-state index contributed by atoms with van der Waals surface area (Å²) in [5, 5.41) is 28.3. The summed E-state index contributed by atoms with van der Waals surface area (Å²) in [5.41, 5.74) is -0.340. The smallest absolute Gasteiger partial charge is 0.313 e. The summed E-state index contributed by atoms with van der Waals surface area (Å²) in [4.78, 5) is 43.6. The molecular weight excluding hydrogens is 568 g/mol. The average Bonchev–Trinajstić information content (AvgIpc) is 3.42. The van der Waals surface area contributed by atoms with Gasteiger partial charge in [-0.1, -0.05) is 41.9 Å². The first-order valence-electron chi connectivity index (χ1n) is 12.1. The number of nitrogens with zero attached hydrogens (tertiary/aromatic N) is 6. The van der Waals surface area contributed by atoms with Gasteiger partial charge in [0.1, 0.15) is 11.8 Å². The van der Waals surface area contributed by atoms with Gasteiger partial charge in [-0.05, 0) is 30.3 Å². The Morgan fingerprint density at radius 2 is 1.76 bits per heavy atom. The highest BCUT2D eigenvalue weighted by atomic mass is 35.5. The van der Waals surface area contributed by atoms with Crippen LogP contribution in [0.5, 0.6) is 11.6 Å². The van der Waals surface area contributed by atoms with Crippen molar-refractivity contribution >= 4 is 51.1 Å². The Morgan fingerprint density at radius 3 is 2.50 bits per heavy atom. The zero-order valence-electron chi connectivity index (χ0n) is 21.1. The molecule has 0 aliphatic carbocycles. The van der Waals surface area contributed by atoms with Gasteiger partial charge in [0, 0.05) is 34.2 Å². The molecule has 6 rings (SSSR count). The molecular formula is C28H15ClN6O7. The Labute approximate surface area is 239 Å². The second-order valence-electron chi connectivity index (χ2n) is 8.78. The monoisotopic (exact) mass is 582 g/mol. The van der Waals surface area contributed by atoms with Crippen LogP contribution in [0, 0.1) is 20.2 Å². The van der Waals surface area contributed by atoms with Gasteiger partial charge in [0.05, 0.1) is 27.0 Å². The fraction of sp³-hybridized carbons (Fsp3) is 0. The fourth-order valence-corrected chi connectivity index (χ4v) is 4.41. The van der Waals surface area contributed by atoms with Crippen molar-refractivity contribution in [2.75, 3.05) is 0 Å². The third kappa shape index (κ3) is 4.91. The number of hydrogen-bond acceptors (Lipinski definition) is 10. The Balaban J connectivity index is 1.51. The van der Waals surface area contributed by atoms with E-state index in [2.05, 4.69) is 15.1 Å². The van der Waals surface area contributed by atoms with E-state index in [-0.39, 0.29) is 44.9 Å². The Kier molecular flexibility index (Phi) is 6.60. The molecule has 0 N–H and O–H groups in total. The summed E-state index contributed by atoms with van der Waals surface area (Å²) in [5.74, 6) is -0.114. The van der Waals surface area contributed by atoms with E-state index in [0.29, 0.717) is 11.1 Å². The molecule has 13 nitrogen and oxygen atoms in total. The minimum Gasteiger partial charge on any atom is -0.453 e. The summed E-state index contributed by atoms with van der Waals surface area (Å²) >= 11 is 6.18. The Bertz CT molecular complexity index is 2090. The maximum absolute atomic E-state index is 13.6. The second kappa shape index (κ2) is 10.6. The number of fused-ring (bicyclic) bond motifs is 2. The topological polar surface area (TPSA) is 169 Å². The molecule has 0 aliphatic heterocycles. The number of benzene rings is 3. The first-order chi connectivity index (χ1) is 20.3. The lowest BCUT2D eigenvalue weighted by atomic mass is 10.2. The highest BCUT2D eigenvalue weighted by molar-refractivity contribution is 6.31. The predicted octanol–water partition coefficient (Wildman–Crippen LogP) is 6.35. The van der Waals surface area contributed by atoms with Crippen LogP contribution in [0.3, 0.4) is 0 Å². The van der Waals surface area contributed by atoms with E-state index in [4.69, 9.17) is 20.8 Å². The van der Waals surface area contributed by atoms with Crippen LogP contribution in [-0.4, -0.2) is 30.7 Å². The van der Waals surface area contributed by atoms with E-state index < -0.39 is 21.1 Å². The molecule has 14 heteroatoms. The number of pyridine rings is 1. The number of rotatable bonds is 7. The minimum absolute atomic E-state index is 0.00588. The molecule has 0 atom stereocenters. The minimum atomic E-state index is -0.715. The number of nitro groups is 2. The SMILES string of the molecule is O=c1c2ccccc2nc(-c2cc3ccccc3o2)n1N=Cc1cc(Cl)cc([N+](=O)[O-])c1Oc1ccc([N+](=O)[O-])cn1. The molecule has 0 saturated heterocycles. The van der Waals surface area contributed by atoms with E-state index in [1.54, 1.807) is 36.4 Å². The van der Waals surface area contributed by atoms with Crippen molar-refractivity contribution in [2.24, 2.45) is 5.10 Å². The molecule has 0 bridgehead atoms. The van der Waals surface area contributed by atoms with Gasteiger partial charge in [0.2, 0.25) is 17.5 Å². The molecule has 0 amide bonds. The third-order valence-corrected chi connectivity index (χ3v) is 6.33. The fourth-order valence-electron chi connectivity index (χ4n) is 4.19. The summed E-state index contributed by atoms with van der Waals surface area (Å²) in [7, 11) is 0. The quantitative estimate of drug-likeness (QED) is 0.118. The van der Waals surface area contributed by atoms with Crippen LogP contribution < -0.4 is 10.3 Å². The lowest BCUT2D eigenvalue weighted by molar-refractivity contribution is -0.385. The summed E-state index contributed by atoms with van der Waals surface area (Å²) < 4.78 is 12.7.